The molecule has 0 unspecified atom stereocenters. The third kappa shape index (κ3) is 2.90. The van der Waals surface area contributed by atoms with E-state index in [1.54, 1.807) is 24.0 Å². The second-order valence-corrected chi connectivity index (χ2v) is 6.11. The maximum atomic E-state index is 6.19. The molecule has 20 heavy (non-hydrogen) atoms. The van der Waals surface area contributed by atoms with Crippen molar-refractivity contribution in [1.29, 1.82) is 0 Å². The van der Waals surface area contributed by atoms with Gasteiger partial charge in [-0.05, 0) is 23.8 Å². The van der Waals surface area contributed by atoms with Crippen LogP contribution in [-0.4, -0.2) is 10.2 Å². The first-order valence-corrected chi connectivity index (χ1v) is 7.75. The normalized spacial score (nSPS) is 10.9. The lowest BCUT2D eigenvalue weighted by Crippen LogP contribution is -1.88. The SMILES string of the molecule is Clc1ccc(CSc2cnnc3ccccc23)c(Cl)c1. The van der Waals surface area contributed by atoms with Gasteiger partial charge in [0, 0.05) is 26.1 Å². The molecule has 100 valence electrons. The van der Waals surface area contributed by atoms with Gasteiger partial charge in [-0.2, -0.15) is 10.2 Å². The van der Waals surface area contributed by atoms with Crippen molar-refractivity contribution in [2.75, 3.05) is 0 Å². The van der Waals surface area contributed by atoms with Crippen molar-refractivity contribution < 1.29 is 0 Å². The fourth-order valence-electron chi connectivity index (χ4n) is 1.89. The molecule has 0 radical (unpaired) electrons. The Labute approximate surface area is 131 Å². The van der Waals surface area contributed by atoms with E-state index in [-0.39, 0.29) is 0 Å². The molecule has 0 fully saturated rings. The molecule has 1 aromatic heterocycles. The molecule has 0 aliphatic heterocycles. The number of rotatable bonds is 3. The molecule has 5 heteroatoms. The summed E-state index contributed by atoms with van der Waals surface area (Å²) in [6.07, 6.45) is 1.79. The van der Waals surface area contributed by atoms with Crippen molar-refractivity contribution in [3.05, 3.63) is 64.3 Å². The van der Waals surface area contributed by atoms with E-state index in [2.05, 4.69) is 16.3 Å². The highest BCUT2D eigenvalue weighted by Crippen LogP contribution is 2.31. The summed E-state index contributed by atoms with van der Waals surface area (Å²) in [5.74, 6) is 0.770. The Morgan fingerprint density at radius 1 is 1.05 bits per heavy atom. The number of hydrogen-bond acceptors (Lipinski definition) is 3. The summed E-state index contributed by atoms with van der Waals surface area (Å²) in [6, 6.07) is 13.5. The molecule has 0 saturated carbocycles. The molecule has 3 aromatic rings. The number of hydrogen-bond donors (Lipinski definition) is 0. The Hall–Kier alpha value is -1.29. The van der Waals surface area contributed by atoms with Crippen LogP contribution >= 0.6 is 35.0 Å². The van der Waals surface area contributed by atoms with E-state index in [0.29, 0.717) is 10.0 Å². The summed E-state index contributed by atoms with van der Waals surface area (Å²) in [7, 11) is 0. The minimum Gasteiger partial charge on any atom is -0.157 e. The maximum Gasteiger partial charge on any atom is 0.0940 e. The van der Waals surface area contributed by atoms with E-state index in [1.165, 1.54) is 0 Å². The first kappa shape index (κ1) is 13.7. The van der Waals surface area contributed by atoms with Gasteiger partial charge in [0.15, 0.2) is 0 Å². The molecule has 0 aliphatic carbocycles. The smallest absolute Gasteiger partial charge is 0.0940 e. The molecule has 0 spiro atoms. The van der Waals surface area contributed by atoms with Gasteiger partial charge in [-0.1, -0.05) is 47.5 Å². The molecule has 0 bridgehead atoms. The van der Waals surface area contributed by atoms with E-state index in [9.17, 15) is 0 Å². The van der Waals surface area contributed by atoms with Gasteiger partial charge in [0.05, 0.1) is 11.7 Å². The molecule has 0 saturated heterocycles. The van der Waals surface area contributed by atoms with Crippen molar-refractivity contribution in [2.45, 2.75) is 10.6 Å². The Balaban J connectivity index is 1.87. The van der Waals surface area contributed by atoms with Crippen LogP contribution in [-0.2, 0) is 5.75 Å². The van der Waals surface area contributed by atoms with Gasteiger partial charge in [0.1, 0.15) is 0 Å². The second-order valence-electron chi connectivity index (χ2n) is 4.25. The van der Waals surface area contributed by atoms with Crippen molar-refractivity contribution >= 4 is 45.9 Å². The van der Waals surface area contributed by atoms with Crippen molar-refractivity contribution in [2.24, 2.45) is 0 Å². The largest absolute Gasteiger partial charge is 0.157 e. The summed E-state index contributed by atoms with van der Waals surface area (Å²) >= 11 is 13.8. The van der Waals surface area contributed by atoms with Crippen LogP contribution in [0.4, 0.5) is 0 Å². The van der Waals surface area contributed by atoms with Crippen molar-refractivity contribution in [3.8, 4) is 0 Å². The maximum absolute atomic E-state index is 6.19. The van der Waals surface area contributed by atoms with Crippen molar-refractivity contribution in [3.63, 3.8) is 0 Å². The van der Waals surface area contributed by atoms with Crippen LogP contribution < -0.4 is 0 Å². The first-order valence-electron chi connectivity index (χ1n) is 6.01. The molecule has 0 amide bonds. The molecule has 0 N–H and O–H groups in total. The summed E-state index contributed by atoms with van der Waals surface area (Å²) in [5.41, 5.74) is 1.96. The van der Waals surface area contributed by atoms with Gasteiger partial charge in [-0.3, -0.25) is 0 Å². The predicted molar refractivity (Wildman–Crippen MR) is 85.6 cm³/mol. The Morgan fingerprint density at radius 3 is 2.75 bits per heavy atom. The zero-order valence-electron chi connectivity index (χ0n) is 10.4. The number of thioether (sulfide) groups is 1. The quantitative estimate of drug-likeness (QED) is 0.618. The zero-order chi connectivity index (χ0) is 13.9. The fourth-order valence-corrected chi connectivity index (χ4v) is 3.46. The lowest BCUT2D eigenvalue weighted by atomic mass is 10.2. The van der Waals surface area contributed by atoms with Crippen LogP contribution in [0.25, 0.3) is 10.9 Å². The van der Waals surface area contributed by atoms with Crippen LogP contribution in [0.2, 0.25) is 10.0 Å². The number of fused-ring (bicyclic) bond motifs is 1. The van der Waals surface area contributed by atoms with Gasteiger partial charge >= 0.3 is 0 Å². The minimum atomic E-state index is 0.653. The van der Waals surface area contributed by atoms with Gasteiger partial charge in [0.25, 0.3) is 0 Å². The zero-order valence-corrected chi connectivity index (χ0v) is 12.7. The number of halogens is 2. The third-order valence-electron chi connectivity index (χ3n) is 2.91. The van der Waals surface area contributed by atoms with Gasteiger partial charge in [0.2, 0.25) is 0 Å². The molecule has 3 rings (SSSR count). The molecule has 2 aromatic carbocycles. The van der Waals surface area contributed by atoms with Gasteiger partial charge < -0.3 is 0 Å². The number of aromatic nitrogens is 2. The van der Waals surface area contributed by atoms with Crippen LogP contribution in [0.1, 0.15) is 5.56 Å². The fraction of sp³-hybridized carbons (Fsp3) is 0.0667. The molecule has 0 atom stereocenters. The van der Waals surface area contributed by atoms with Gasteiger partial charge in [-0.25, -0.2) is 0 Å². The number of benzene rings is 2. The highest BCUT2D eigenvalue weighted by Gasteiger charge is 2.06. The first-order chi connectivity index (χ1) is 9.74. The van der Waals surface area contributed by atoms with Gasteiger partial charge in [-0.15, -0.1) is 11.8 Å². The molecular formula is C15H10Cl2N2S. The topological polar surface area (TPSA) is 25.8 Å². The number of nitrogens with zero attached hydrogens (tertiary/aromatic N) is 2. The standard InChI is InChI=1S/C15H10Cl2N2S/c16-11-6-5-10(13(17)7-11)9-20-15-8-18-19-14-4-2-1-3-12(14)15/h1-8H,9H2. The Kier molecular flexibility index (Phi) is 4.10. The third-order valence-corrected chi connectivity index (χ3v) is 4.59. The van der Waals surface area contributed by atoms with Crippen LogP contribution in [0, 0.1) is 0 Å². The summed E-state index contributed by atoms with van der Waals surface area (Å²) in [5, 5.41) is 10.6. The lowest BCUT2D eigenvalue weighted by Gasteiger charge is -2.06. The van der Waals surface area contributed by atoms with Crippen LogP contribution in [0.15, 0.2) is 53.6 Å². The van der Waals surface area contributed by atoms with E-state index in [1.807, 2.05) is 30.3 Å². The highest BCUT2D eigenvalue weighted by molar-refractivity contribution is 7.98. The molecule has 0 aliphatic rings. The summed E-state index contributed by atoms with van der Waals surface area (Å²) in [6.45, 7) is 0. The highest BCUT2D eigenvalue weighted by atomic mass is 35.5. The average Bonchev–Trinajstić information content (AvgIpc) is 2.46. The lowest BCUT2D eigenvalue weighted by molar-refractivity contribution is 1.05. The molecule has 1 heterocycles. The van der Waals surface area contributed by atoms with Crippen LogP contribution in [0.5, 0.6) is 0 Å². The van der Waals surface area contributed by atoms with E-state index in [4.69, 9.17) is 23.2 Å². The van der Waals surface area contributed by atoms with Crippen LogP contribution in [0.3, 0.4) is 0 Å². The average molecular weight is 321 g/mol. The second kappa shape index (κ2) is 6.00. The summed E-state index contributed by atoms with van der Waals surface area (Å²) < 4.78 is 0. The monoisotopic (exact) mass is 320 g/mol. The molecular weight excluding hydrogens is 311 g/mol. The predicted octanol–water partition coefficient (Wildman–Crippen LogP) is 5.23. The van der Waals surface area contributed by atoms with E-state index < -0.39 is 0 Å². The van der Waals surface area contributed by atoms with Crippen molar-refractivity contribution in [1.82, 2.24) is 10.2 Å². The summed E-state index contributed by atoms with van der Waals surface area (Å²) in [4.78, 5) is 1.10. The molecule has 2 nitrogen and oxygen atoms in total. The van der Waals surface area contributed by atoms with E-state index in [0.717, 1.165) is 27.1 Å². The van der Waals surface area contributed by atoms with E-state index >= 15 is 0 Å². The Morgan fingerprint density at radius 2 is 1.90 bits per heavy atom. The minimum absolute atomic E-state index is 0.653. The Bertz CT molecular complexity index is 756.